The average Bonchev–Trinajstić information content (AvgIpc) is 2.90. The summed E-state index contributed by atoms with van der Waals surface area (Å²) in [5, 5.41) is 0.597. The molecular weight excluding hydrogens is 495 g/mol. The predicted molar refractivity (Wildman–Crippen MR) is 104 cm³/mol. The van der Waals surface area contributed by atoms with Crippen LogP contribution in [0, 0.1) is 0 Å². The van der Waals surface area contributed by atoms with Gasteiger partial charge in [0, 0.05) is 22.3 Å². The molecule has 0 saturated heterocycles. The highest BCUT2D eigenvalue weighted by atomic mass is 127. The minimum Gasteiger partial charge on any atom is -0.327 e. The number of rotatable bonds is 2. The minimum atomic E-state index is -3.83. The molecule has 0 spiro atoms. The molecule has 0 saturated carbocycles. The summed E-state index contributed by atoms with van der Waals surface area (Å²) in [5.41, 5.74) is 0.457. The van der Waals surface area contributed by atoms with E-state index in [1.165, 1.54) is 12.4 Å². The fraction of sp³-hybridized carbons (Fsp3) is 0.267. The molecule has 0 bridgehead atoms. The van der Waals surface area contributed by atoms with Gasteiger partial charge in [-0.1, -0.05) is 44.6 Å². The van der Waals surface area contributed by atoms with Crippen LogP contribution in [0.25, 0.3) is 10.9 Å². The molecule has 1 aliphatic carbocycles. The molecule has 2 atom stereocenters. The second-order valence-corrected chi connectivity index (χ2v) is 10.1. The summed E-state index contributed by atoms with van der Waals surface area (Å²) in [5.74, 6) is 0. The van der Waals surface area contributed by atoms with E-state index in [9.17, 15) is 13.2 Å². The maximum atomic E-state index is 13.4. The Labute approximate surface area is 155 Å². The molecule has 23 heavy (non-hydrogen) atoms. The third kappa shape index (κ3) is 2.37. The maximum Gasteiger partial charge on any atom is 0.273 e. The second-order valence-electron chi connectivity index (χ2n) is 5.62. The van der Waals surface area contributed by atoms with E-state index in [1.807, 2.05) is 12.2 Å². The van der Waals surface area contributed by atoms with Crippen molar-refractivity contribution in [3.05, 3.63) is 57.1 Å². The molecule has 2 unspecified atom stereocenters. The van der Waals surface area contributed by atoms with Crippen molar-refractivity contribution in [2.24, 2.45) is 0 Å². The monoisotopic (exact) mass is 508 g/mol. The Bertz CT molecular complexity index is 1020. The third-order valence-electron chi connectivity index (χ3n) is 4.34. The highest BCUT2D eigenvalue weighted by molar-refractivity contribution is 14.1. The molecule has 2 heterocycles. The number of fused-ring (bicyclic) bond motifs is 1. The summed E-state index contributed by atoms with van der Waals surface area (Å²) in [6.07, 6.45) is 6.63. The van der Waals surface area contributed by atoms with E-state index in [4.69, 9.17) is 0 Å². The number of nitrogens with zero attached hydrogens (tertiary/aromatic N) is 1. The Morgan fingerprint density at radius 1 is 1.39 bits per heavy atom. The van der Waals surface area contributed by atoms with Crippen molar-refractivity contribution in [2.45, 2.75) is 22.5 Å². The van der Waals surface area contributed by atoms with Crippen LogP contribution in [0.5, 0.6) is 0 Å². The SMILES string of the molecule is CC1=CC(Br)=CC(I)C1(C)S(=O)(=O)n1ccc2cc[nH]c(=O)c21. The fourth-order valence-corrected chi connectivity index (χ4v) is 7.56. The number of aromatic nitrogens is 2. The number of aromatic amines is 1. The van der Waals surface area contributed by atoms with Crippen LogP contribution in [0.4, 0.5) is 0 Å². The van der Waals surface area contributed by atoms with Crippen LogP contribution in [-0.2, 0) is 10.0 Å². The number of H-pyrrole nitrogens is 1. The van der Waals surface area contributed by atoms with Crippen molar-refractivity contribution >= 4 is 59.4 Å². The number of hydrogen-bond donors (Lipinski definition) is 1. The van der Waals surface area contributed by atoms with Crippen LogP contribution in [0.3, 0.4) is 0 Å². The molecule has 2 aromatic heterocycles. The first kappa shape index (κ1) is 17.0. The number of halogens is 2. The van der Waals surface area contributed by atoms with Gasteiger partial charge in [0.15, 0.2) is 0 Å². The van der Waals surface area contributed by atoms with Crippen LogP contribution in [0.2, 0.25) is 0 Å². The lowest BCUT2D eigenvalue weighted by molar-refractivity contribution is 0.552. The quantitative estimate of drug-likeness (QED) is 0.499. The topological polar surface area (TPSA) is 71.9 Å². The first-order valence-electron chi connectivity index (χ1n) is 6.83. The summed E-state index contributed by atoms with van der Waals surface area (Å²) in [6.45, 7) is 3.50. The van der Waals surface area contributed by atoms with Gasteiger partial charge < -0.3 is 4.98 Å². The van der Waals surface area contributed by atoms with Gasteiger partial charge >= 0.3 is 0 Å². The number of allylic oxidation sites excluding steroid dienone is 3. The molecular formula is C15H14BrIN2O3S. The minimum absolute atomic E-state index is 0.152. The number of alkyl halides is 1. The van der Waals surface area contributed by atoms with Crippen LogP contribution >= 0.6 is 38.5 Å². The van der Waals surface area contributed by atoms with Gasteiger partial charge in [-0.15, -0.1) is 0 Å². The molecule has 5 nitrogen and oxygen atoms in total. The van der Waals surface area contributed by atoms with Gasteiger partial charge in [-0.3, -0.25) is 4.79 Å². The summed E-state index contributed by atoms with van der Waals surface area (Å²) >= 11 is 5.53. The zero-order chi connectivity index (χ0) is 17.0. The molecule has 0 aliphatic heterocycles. The molecule has 1 N–H and O–H groups in total. The van der Waals surface area contributed by atoms with Gasteiger partial charge in [-0.05, 0) is 37.6 Å². The zero-order valence-corrected chi connectivity index (χ0v) is 16.9. The third-order valence-corrected chi connectivity index (χ3v) is 9.33. The Morgan fingerprint density at radius 2 is 2.09 bits per heavy atom. The van der Waals surface area contributed by atoms with Gasteiger partial charge in [-0.2, -0.15) is 0 Å². The molecule has 2 aromatic rings. The van der Waals surface area contributed by atoms with Crippen molar-refractivity contribution in [3.63, 3.8) is 0 Å². The van der Waals surface area contributed by atoms with E-state index < -0.39 is 20.3 Å². The second kappa shape index (κ2) is 5.59. The van der Waals surface area contributed by atoms with Crippen molar-refractivity contribution < 1.29 is 8.42 Å². The maximum absolute atomic E-state index is 13.4. The van der Waals surface area contributed by atoms with Gasteiger partial charge in [0.1, 0.15) is 10.3 Å². The smallest absolute Gasteiger partial charge is 0.273 e. The van der Waals surface area contributed by atoms with Crippen molar-refractivity contribution in [2.75, 3.05) is 0 Å². The van der Waals surface area contributed by atoms with E-state index in [-0.39, 0.29) is 9.44 Å². The van der Waals surface area contributed by atoms with E-state index >= 15 is 0 Å². The summed E-state index contributed by atoms with van der Waals surface area (Å²) in [7, 11) is -3.83. The predicted octanol–water partition coefficient (Wildman–Crippen LogP) is 3.31. The first-order chi connectivity index (χ1) is 10.7. The van der Waals surface area contributed by atoms with Crippen molar-refractivity contribution in [1.29, 1.82) is 0 Å². The number of hydrogen-bond acceptors (Lipinski definition) is 3. The molecule has 3 rings (SSSR count). The molecule has 0 fully saturated rings. The largest absolute Gasteiger partial charge is 0.327 e. The van der Waals surface area contributed by atoms with Crippen LogP contribution < -0.4 is 5.56 Å². The van der Waals surface area contributed by atoms with Crippen molar-refractivity contribution in [1.82, 2.24) is 8.96 Å². The normalized spacial score (nSPS) is 25.3. The fourth-order valence-electron chi connectivity index (χ4n) is 2.73. The Kier molecular flexibility index (Phi) is 4.13. The van der Waals surface area contributed by atoms with E-state index in [1.54, 1.807) is 26.0 Å². The summed E-state index contributed by atoms with van der Waals surface area (Å²) in [6, 6.07) is 3.33. The highest BCUT2D eigenvalue weighted by Gasteiger charge is 2.48. The number of pyridine rings is 1. The molecule has 0 radical (unpaired) electrons. The Morgan fingerprint density at radius 3 is 2.74 bits per heavy atom. The standard InChI is InChI=1S/C15H14BrIN2O3S/c1-9-7-11(16)8-12(17)15(9,2)23(21,22)19-6-4-10-3-5-18-14(20)13(10)19/h3-8,12H,1-2H3,(H,18,20). The van der Waals surface area contributed by atoms with Gasteiger partial charge in [0.25, 0.3) is 5.56 Å². The summed E-state index contributed by atoms with van der Waals surface area (Å²) < 4.78 is 27.3. The highest BCUT2D eigenvalue weighted by Crippen LogP contribution is 2.42. The lowest BCUT2D eigenvalue weighted by Crippen LogP contribution is -2.48. The Balaban J connectivity index is 2.30. The van der Waals surface area contributed by atoms with Gasteiger partial charge in [0.2, 0.25) is 10.0 Å². The molecule has 0 amide bonds. The Hall–Kier alpha value is -0.870. The van der Waals surface area contributed by atoms with Gasteiger partial charge in [-0.25, -0.2) is 12.4 Å². The van der Waals surface area contributed by atoms with Crippen LogP contribution in [0.1, 0.15) is 13.8 Å². The molecule has 8 heteroatoms. The van der Waals surface area contributed by atoms with E-state index in [0.717, 1.165) is 14.0 Å². The first-order valence-corrected chi connectivity index (χ1v) is 10.3. The average molecular weight is 509 g/mol. The van der Waals surface area contributed by atoms with E-state index in [0.29, 0.717) is 5.39 Å². The van der Waals surface area contributed by atoms with Crippen LogP contribution in [0.15, 0.2) is 51.5 Å². The number of nitrogens with one attached hydrogen (secondary N) is 1. The van der Waals surface area contributed by atoms with Crippen LogP contribution in [-0.4, -0.2) is 26.0 Å². The molecule has 0 aromatic carbocycles. The lowest BCUT2D eigenvalue weighted by Gasteiger charge is -2.36. The summed E-state index contributed by atoms with van der Waals surface area (Å²) in [4.78, 5) is 14.7. The molecule has 1 aliphatic rings. The molecule has 122 valence electrons. The lowest BCUT2D eigenvalue weighted by atomic mass is 9.93. The van der Waals surface area contributed by atoms with Gasteiger partial charge in [0.05, 0.1) is 3.92 Å². The van der Waals surface area contributed by atoms with Crippen molar-refractivity contribution in [3.8, 4) is 0 Å². The zero-order valence-electron chi connectivity index (χ0n) is 12.4. The van der Waals surface area contributed by atoms with E-state index in [2.05, 4.69) is 43.5 Å².